The van der Waals surface area contributed by atoms with Gasteiger partial charge in [0.25, 0.3) is 0 Å². The molecule has 0 radical (unpaired) electrons. The summed E-state index contributed by atoms with van der Waals surface area (Å²) in [7, 11) is 0. The Morgan fingerprint density at radius 3 is 2.58 bits per heavy atom. The summed E-state index contributed by atoms with van der Waals surface area (Å²) < 4.78 is 5.35. The lowest BCUT2D eigenvalue weighted by Crippen LogP contribution is -2.05. The van der Waals surface area contributed by atoms with E-state index in [-0.39, 0.29) is 11.5 Å². The van der Waals surface area contributed by atoms with E-state index in [1.54, 1.807) is 37.3 Å². The summed E-state index contributed by atoms with van der Waals surface area (Å²) in [5.41, 5.74) is 2.67. The monoisotopic (exact) mass is 371 g/mol. The number of hydrogen-bond acceptors (Lipinski definition) is 4. The van der Waals surface area contributed by atoms with Crippen molar-refractivity contribution < 1.29 is 19.1 Å². The number of ketones is 1. The van der Waals surface area contributed by atoms with Crippen LogP contribution in [-0.4, -0.2) is 23.4 Å². The van der Waals surface area contributed by atoms with Crippen LogP contribution in [0.15, 0.2) is 46.9 Å². The number of carboxylic acid groups (broad SMARTS) is 1. The molecular formula is C20H18ClNO4. The number of anilines is 1. The molecular weight excluding hydrogens is 354 g/mol. The van der Waals surface area contributed by atoms with Crippen molar-refractivity contribution in [2.75, 3.05) is 11.9 Å². The zero-order valence-corrected chi connectivity index (χ0v) is 15.0. The average Bonchev–Trinajstić information content (AvgIpc) is 2.96. The molecule has 0 atom stereocenters. The van der Waals surface area contributed by atoms with E-state index in [0.29, 0.717) is 41.1 Å². The van der Waals surface area contributed by atoms with Crippen LogP contribution in [0.2, 0.25) is 5.02 Å². The number of furan rings is 1. The Morgan fingerprint density at radius 1 is 1.15 bits per heavy atom. The van der Waals surface area contributed by atoms with Gasteiger partial charge >= 0.3 is 5.97 Å². The molecule has 6 heteroatoms. The standard InChI is InChI=1S/C20H18ClNO4/c1-12-16-11-15(8-9-18(16)26-19(12)20(24)25)22-10-2-3-17(23)13-4-6-14(21)7-5-13/h4-9,11,22H,2-3,10H2,1H3,(H,24,25). The summed E-state index contributed by atoms with van der Waals surface area (Å²) in [4.78, 5) is 23.3. The first-order valence-corrected chi connectivity index (χ1v) is 8.62. The van der Waals surface area contributed by atoms with Crippen LogP contribution in [-0.2, 0) is 0 Å². The van der Waals surface area contributed by atoms with E-state index in [9.17, 15) is 9.59 Å². The van der Waals surface area contributed by atoms with E-state index in [1.165, 1.54) is 0 Å². The number of aromatic carboxylic acids is 1. The zero-order valence-electron chi connectivity index (χ0n) is 14.2. The van der Waals surface area contributed by atoms with Gasteiger partial charge < -0.3 is 14.8 Å². The molecule has 0 aliphatic heterocycles. The van der Waals surface area contributed by atoms with Crippen LogP contribution in [0.25, 0.3) is 11.0 Å². The van der Waals surface area contributed by atoms with Crippen LogP contribution < -0.4 is 5.32 Å². The molecule has 0 spiro atoms. The normalized spacial score (nSPS) is 10.8. The highest BCUT2D eigenvalue weighted by molar-refractivity contribution is 6.30. The highest BCUT2D eigenvalue weighted by Gasteiger charge is 2.16. The minimum atomic E-state index is -1.08. The number of carbonyl (C=O) groups is 2. The molecule has 3 rings (SSSR count). The molecule has 2 aromatic carbocycles. The van der Waals surface area contributed by atoms with Crippen molar-refractivity contribution in [3.05, 3.63) is 64.4 Å². The molecule has 0 aliphatic rings. The molecule has 1 aromatic heterocycles. The van der Waals surface area contributed by atoms with Crippen LogP contribution in [0.1, 0.15) is 39.3 Å². The third-order valence-electron chi connectivity index (χ3n) is 4.21. The Bertz CT molecular complexity index is 960. The second-order valence-corrected chi connectivity index (χ2v) is 6.47. The summed E-state index contributed by atoms with van der Waals surface area (Å²) >= 11 is 5.82. The van der Waals surface area contributed by atoms with Crippen LogP contribution >= 0.6 is 11.6 Å². The van der Waals surface area contributed by atoms with Gasteiger partial charge in [0.15, 0.2) is 5.78 Å². The Labute approximate surface area is 155 Å². The Kier molecular flexibility index (Phi) is 5.28. The molecule has 1 heterocycles. The molecule has 26 heavy (non-hydrogen) atoms. The van der Waals surface area contributed by atoms with E-state index >= 15 is 0 Å². The third kappa shape index (κ3) is 3.89. The van der Waals surface area contributed by atoms with Crippen LogP contribution in [0, 0.1) is 6.92 Å². The number of aryl methyl sites for hydroxylation is 1. The number of halogens is 1. The molecule has 2 N–H and O–H groups in total. The Hall–Kier alpha value is -2.79. The number of carboxylic acids is 1. The highest BCUT2D eigenvalue weighted by Crippen LogP contribution is 2.28. The first-order chi connectivity index (χ1) is 12.5. The fraction of sp³-hybridized carbons (Fsp3) is 0.200. The molecule has 0 aliphatic carbocycles. The summed E-state index contributed by atoms with van der Waals surface area (Å²) in [6.07, 6.45) is 1.12. The fourth-order valence-electron chi connectivity index (χ4n) is 2.80. The smallest absolute Gasteiger partial charge is 0.372 e. The van der Waals surface area contributed by atoms with Gasteiger partial charge in [-0.25, -0.2) is 4.79 Å². The molecule has 0 fully saturated rings. The van der Waals surface area contributed by atoms with E-state index in [0.717, 1.165) is 11.1 Å². The number of benzene rings is 2. The van der Waals surface area contributed by atoms with Gasteiger partial charge in [0, 0.05) is 40.2 Å². The summed E-state index contributed by atoms with van der Waals surface area (Å²) in [5, 5.41) is 13.8. The minimum absolute atomic E-state index is 0.0364. The van der Waals surface area contributed by atoms with Crippen molar-refractivity contribution in [2.45, 2.75) is 19.8 Å². The van der Waals surface area contributed by atoms with Crippen molar-refractivity contribution in [2.24, 2.45) is 0 Å². The van der Waals surface area contributed by atoms with Gasteiger partial charge in [-0.15, -0.1) is 0 Å². The number of nitrogens with one attached hydrogen (secondary N) is 1. The van der Waals surface area contributed by atoms with Crippen molar-refractivity contribution in [3.63, 3.8) is 0 Å². The number of rotatable bonds is 7. The lowest BCUT2D eigenvalue weighted by atomic mass is 10.1. The first kappa shape index (κ1) is 18.0. The predicted octanol–water partition coefficient (Wildman–Crippen LogP) is 5.17. The van der Waals surface area contributed by atoms with Crippen LogP contribution in [0.4, 0.5) is 5.69 Å². The van der Waals surface area contributed by atoms with Crippen LogP contribution in [0.3, 0.4) is 0 Å². The molecule has 5 nitrogen and oxygen atoms in total. The van der Waals surface area contributed by atoms with Gasteiger partial charge in [0.05, 0.1) is 0 Å². The van der Waals surface area contributed by atoms with Gasteiger partial charge in [0.1, 0.15) is 5.58 Å². The number of Topliss-reactive ketones (excluding diaryl/α,β-unsaturated/α-hetero) is 1. The van der Waals surface area contributed by atoms with E-state index in [2.05, 4.69) is 5.32 Å². The summed E-state index contributed by atoms with van der Waals surface area (Å²) in [6, 6.07) is 12.3. The van der Waals surface area contributed by atoms with Gasteiger partial charge in [-0.3, -0.25) is 4.79 Å². The van der Waals surface area contributed by atoms with Crippen molar-refractivity contribution in [1.82, 2.24) is 0 Å². The van der Waals surface area contributed by atoms with Gasteiger partial charge in [-0.2, -0.15) is 0 Å². The highest BCUT2D eigenvalue weighted by atomic mass is 35.5. The van der Waals surface area contributed by atoms with Crippen LogP contribution in [0.5, 0.6) is 0 Å². The summed E-state index contributed by atoms with van der Waals surface area (Å²) in [5.74, 6) is -1.03. The largest absolute Gasteiger partial charge is 0.475 e. The van der Waals surface area contributed by atoms with Crippen molar-refractivity contribution in [1.29, 1.82) is 0 Å². The second-order valence-electron chi connectivity index (χ2n) is 6.03. The molecule has 0 saturated carbocycles. The zero-order chi connectivity index (χ0) is 18.7. The lowest BCUT2D eigenvalue weighted by Gasteiger charge is -2.06. The topological polar surface area (TPSA) is 79.5 Å². The van der Waals surface area contributed by atoms with Crippen molar-refractivity contribution >= 4 is 40.0 Å². The minimum Gasteiger partial charge on any atom is -0.475 e. The van der Waals surface area contributed by atoms with E-state index in [1.807, 2.05) is 12.1 Å². The Balaban J connectivity index is 1.58. The Morgan fingerprint density at radius 2 is 1.88 bits per heavy atom. The number of fused-ring (bicyclic) bond motifs is 1. The molecule has 0 unspecified atom stereocenters. The maximum Gasteiger partial charge on any atom is 0.372 e. The summed E-state index contributed by atoms with van der Waals surface area (Å²) in [6.45, 7) is 2.36. The maximum absolute atomic E-state index is 12.1. The fourth-order valence-corrected chi connectivity index (χ4v) is 2.92. The predicted molar refractivity (Wildman–Crippen MR) is 101 cm³/mol. The van der Waals surface area contributed by atoms with E-state index in [4.69, 9.17) is 21.1 Å². The number of carbonyl (C=O) groups excluding carboxylic acids is 1. The molecule has 0 amide bonds. The van der Waals surface area contributed by atoms with Gasteiger partial charge in [0.2, 0.25) is 5.76 Å². The van der Waals surface area contributed by atoms with Gasteiger partial charge in [-0.05, 0) is 55.8 Å². The second kappa shape index (κ2) is 7.62. The van der Waals surface area contributed by atoms with Crippen molar-refractivity contribution in [3.8, 4) is 0 Å². The molecule has 134 valence electrons. The number of hydrogen-bond donors (Lipinski definition) is 2. The SMILES string of the molecule is Cc1c(C(=O)O)oc2ccc(NCCCC(=O)c3ccc(Cl)cc3)cc12. The molecule has 3 aromatic rings. The van der Waals surface area contributed by atoms with E-state index < -0.39 is 5.97 Å². The maximum atomic E-state index is 12.1. The van der Waals surface area contributed by atoms with Gasteiger partial charge in [-0.1, -0.05) is 11.6 Å². The average molecular weight is 372 g/mol. The quantitative estimate of drug-likeness (QED) is 0.442. The lowest BCUT2D eigenvalue weighted by molar-refractivity contribution is 0.0663. The third-order valence-corrected chi connectivity index (χ3v) is 4.46. The first-order valence-electron chi connectivity index (χ1n) is 8.25. The molecule has 0 saturated heterocycles. The molecule has 0 bridgehead atoms.